The van der Waals surface area contributed by atoms with Gasteiger partial charge in [0.05, 0.1) is 0 Å². The number of aryl methyl sites for hydroxylation is 1. The quantitative estimate of drug-likeness (QED) is 0.658. The predicted octanol–water partition coefficient (Wildman–Crippen LogP) is 2.74. The van der Waals surface area contributed by atoms with E-state index in [1.807, 2.05) is 31.3 Å². The molecule has 3 heterocycles. The van der Waals surface area contributed by atoms with E-state index >= 15 is 0 Å². The number of benzene rings is 1. The molecule has 0 atom stereocenters. The summed E-state index contributed by atoms with van der Waals surface area (Å²) >= 11 is 1.58. The molecule has 146 valence electrons. The minimum atomic E-state index is 0.508. The highest BCUT2D eigenvalue weighted by molar-refractivity contribution is 7.15. The number of nitrogens with one attached hydrogen (secondary N) is 2. The number of likely N-dealkylation sites (N-methyl/N-ethyl adjacent to an activating group) is 1. The Morgan fingerprint density at radius 2 is 1.75 bits per heavy atom. The second-order valence-electron chi connectivity index (χ2n) is 6.81. The molecule has 2 N–H and O–H groups in total. The highest BCUT2D eigenvalue weighted by Gasteiger charge is 2.19. The zero-order valence-corrected chi connectivity index (χ0v) is 16.9. The summed E-state index contributed by atoms with van der Waals surface area (Å²) in [5.74, 6) is 1.76. The maximum absolute atomic E-state index is 4.66. The minimum absolute atomic E-state index is 0.508. The smallest absolute Gasteiger partial charge is 0.235 e. The largest absolute Gasteiger partial charge is 0.350 e. The lowest BCUT2D eigenvalue weighted by atomic mass is 10.2. The first-order chi connectivity index (χ1) is 13.7. The zero-order valence-electron chi connectivity index (χ0n) is 16.1. The van der Waals surface area contributed by atoms with Crippen molar-refractivity contribution < 1.29 is 0 Å². The number of piperazine rings is 1. The van der Waals surface area contributed by atoms with E-state index in [-0.39, 0.29) is 0 Å². The van der Waals surface area contributed by atoms with Crippen LogP contribution in [0.1, 0.15) is 10.4 Å². The number of anilines is 4. The Balaban J connectivity index is 1.56. The molecule has 0 unspecified atom stereocenters. The molecule has 0 amide bonds. The molecule has 1 aromatic carbocycles. The standard InChI is InChI=1S/C19H24N8S/c1-14-12-21-19(28-14)25-17-22-16(20-13-15-6-4-3-5-7-15)23-18(24-17)27-10-8-26(2)9-11-27/h3-7,12H,8-11,13H2,1-2H3,(H2,20,21,22,23,24,25). The van der Waals surface area contributed by atoms with E-state index in [1.165, 1.54) is 5.56 Å². The summed E-state index contributed by atoms with van der Waals surface area (Å²) in [5, 5.41) is 7.32. The lowest BCUT2D eigenvalue weighted by Crippen LogP contribution is -2.45. The summed E-state index contributed by atoms with van der Waals surface area (Å²) in [6.45, 7) is 6.46. The topological polar surface area (TPSA) is 82.1 Å². The van der Waals surface area contributed by atoms with Gasteiger partial charge in [-0.3, -0.25) is 5.32 Å². The first-order valence-corrected chi connectivity index (χ1v) is 10.1. The van der Waals surface area contributed by atoms with E-state index in [0.717, 1.165) is 36.2 Å². The fourth-order valence-electron chi connectivity index (χ4n) is 2.93. The maximum atomic E-state index is 4.66. The van der Waals surface area contributed by atoms with Gasteiger partial charge in [0.2, 0.25) is 17.8 Å². The van der Waals surface area contributed by atoms with Crippen LogP contribution in [0.2, 0.25) is 0 Å². The highest BCUT2D eigenvalue weighted by Crippen LogP contribution is 2.22. The Hall–Kier alpha value is -2.78. The van der Waals surface area contributed by atoms with Crippen molar-refractivity contribution in [1.29, 1.82) is 0 Å². The summed E-state index contributed by atoms with van der Waals surface area (Å²) < 4.78 is 0. The van der Waals surface area contributed by atoms with Gasteiger partial charge in [-0.05, 0) is 19.5 Å². The van der Waals surface area contributed by atoms with Crippen molar-refractivity contribution in [2.75, 3.05) is 48.8 Å². The second kappa shape index (κ2) is 8.49. The lowest BCUT2D eigenvalue weighted by molar-refractivity contribution is 0.311. The molecule has 2 aromatic heterocycles. The molecule has 8 nitrogen and oxygen atoms in total. The average molecular weight is 397 g/mol. The van der Waals surface area contributed by atoms with Crippen molar-refractivity contribution in [2.45, 2.75) is 13.5 Å². The second-order valence-corrected chi connectivity index (χ2v) is 8.05. The van der Waals surface area contributed by atoms with Crippen molar-refractivity contribution in [2.24, 2.45) is 0 Å². The van der Waals surface area contributed by atoms with Crippen LogP contribution in [0.25, 0.3) is 0 Å². The fraction of sp³-hybridized carbons (Fsp3) is 0.368. The Morgan fingerprint density at radius 1 is 1.00 bits per heavy atom. The molecule has 0 aliphatic carbocycles. The van der Waals surface area contributed by atoms with E-state index in [9.17, 15) is 0 Å². The first-order valence-electron chi connectivity index (χ1n) is 9.32. The molecule has 0 saturated carbocycles. The SMILES string of the molecule is Cc1cnc(Nc2nc(NCc3ccccc3)nc(N3CCN(C)CC3)n2)s1. The van der Waals surface area contributed by atoms with Crippen molar-refractivity contribution in [1.82, 2.24) is 24.8 Å². The minimum Gasteiger partial charge on any atom is -0.350 e. The lowest BCUT2D eigenvalue weighted by Gasteiger charge is -2.32. The van der Waals surface area contributed by atoms with Crippen LogP contribution < -0.4 is 15.5 Å². The van der Waals surface area contributed by atoms with Crippen LogP contribution in [-0.2, 0) is 6.54 Å². The van der Waals surface area contributed by atoms with Gasteiger partial charge in [0, 0.05) is 43.8 Å². The Bertz CT molecular complexity index is 905. The van der Waals surface area contributed by atoms with Gasteiger partial charge >= 0.3 is 0 Å². The molecule has 1 aliphatic rings. The normalized spacial score (nSPS) is 14.9. The summed E-state index contributed by atoms with van der Waals surface area (Å²) in [5.41, 5.74) is 1.18. The molecular weight excluding hydrogens is 372 g/mol. The molecule has 0 radical (unpaired) electrons. The van der Waals surface area contributed by atoms with E-state index < -0.39 is 0 Å². The van der Waals surface area contributed by atoms with Gasteiger partial charge in [0.1, 0.15) is 0 Å². The van der Waals surface area contributed by atoms with Crippen LogP contribution in [0, 0.1) is 6.92 Å². The number of hydrogen-bond acceptors (Lipinski definition) is 9. The molecule has 1 fully saturated rings. The van der Waals surface area contributed by atoms with E-state index in [0.29, 0.717) is 24.4 Å². The third-order valence-corrected chi connectivity index (χ3v) is 5.37. The van der Waals surface area contributed by atoms with E-state index in [4.69, 9.17) is 0 Å². The maximum Gasteiger partial charge on any atom is 0.235 e. The van der Waals surface area contributed by atoms with Crippen LogP contribution in [0.5, 0.6) is 0 Å². The van der Waals surface area contributed by atoms with E-state index in [2.05, 4.69) is 59.5 Å². The summed E-state index contributed by atoms with van der Waals surface area (Å²) in [4.78, 5) is 23.9. The number of hydrogen-bond donors (Lipinski definition) is 2. The molecule has 0 spiro atoms. The zero-order chi connectivity index (χ0) is 19.3. The molecular formula is C19H24N8S. The molecule has 1 aliphatic heterocycles. The van der Waals surface area contributed by atoms with Gasteiger partial charge in [-0.2, -0.15) is 15.0 Å². The molecule has 9 heteroatoms. The number of nitrogens with zero attached hydrogens (tertiary/aromatic N) is 6. The van der Waals surface area contributed by atoms with Crippen molar-refractivity contribution in [3.05, 3.63) is 47.0 Å². The van der Waals surface area contributed by atoms with Crippen LogP contribution in [0.15, 0.2) is 36.5 Å². The third-order valence-electron chi connectivity index (χ3n) is 4.54. The third kappa shape index (κ3) is 4.73. The van der Waals surface area contributed by atoms with Gasteiger partial charge < -0.3 is 15.1 Å². The van der Waals surface area contributed by atoms with Gasteiger partial charge in [-0.25, -0.2) is 4.98 Å². The van der Waals surface area contributed by atoms with Gasteiger partial charge in [0.15, 0.2) is 5.13 Å². The Kier molecular flexibility index (Phi) is 5.63. The van der Waals surface area contributed by atoms with Crippen LogP contribution in [0.3, 0.4) is 0 Å². The van der Waals surface area contributed by atoms with Crippen molar-refractivity contribution in [3.8, 4) is 0 Å². The Morgan fingerprint density at radius 3 is 2.46 bits per heavy atom. The van der Waals surface area contributed by atoms with Crippen molar-refractivity contribution >= 4 is 34.3 Å². The molecule has 3 aromatic rings. The molecule has 1 saturated heterocycles. The first kappa shape index (κ1) is 18.6. The summed E-state index contributed by atoms with van der Waals surface area (Å²) in [6, 6.07) is 10.2. The molecule has 28 heavy (non-hydrogen) atoms. The van der Waals surface area contributed by atoms with E-state index in [1.54, 1.807) is 11.3 Å². The van der Waals surface area contributed by atoms with Crippen molar-refractivity contribution in [3.63, 3.8) is 0 Å². The van der Waals surface area contributed by atoms with Gasteiger partial charge in [0.25, 0.3) is 0 Å². The fourth-order valence-corrected chi connectivity index (χ4v) is 3.59. The number of rotatable bonds is 6. The Labute approximate surface area is 168 Å². The van der Waals surface area contributed by atoms with Gasteiger partial charge in [-0.1, -0.05) is 30.3 Å². The van der Waals surface area contributed by atoms with Gasteiger partial charge in [-0.15, -0.1) is 11.3 Å². The number of aromatic nitrogens is 4. The highest BCUT2D eigenvalue weighted by atomic mass is 32.1. The average Bonchev–Trinajstić information content (AvgIpc) is 3.12. The van der Waals surface area contributed by atoms with Crippen LogP contribution in [-0.4, -0.2) is 58.1 Å². The number of thiazole rings is 1. The molecule has 4 rings (SSSR count). The predicted molar refractivity (Wildman–Crippen MR) is 113 cm³/mol. The van der Waals surface area contributed by atoms with Crippen LogP contribution >= 0.6 is 11.3 Å². The molecule has 0 bridgehead atoms. The monoisotopic (exact) mass is 396 g/mol. The van der Waals surface area contributed by atoms with Crippen LogP contribution in [0.4, 0.5) is 23.0 Å². The summed E-state index contributed by atoms with van der Waals surface area (Å²) in [6.07, 6.45) is 1.84. The summed E-state index contributed by atoms with van der Waals surface area (Å²) in [7, 11) is 2.13.